The summed E-state index contributed by atoms with van der Waals surface area (Å²) in [6.07, 6.45) is 3.91. The van der Waals surface area contributed by atoms with Gasteiger partial charge < -0.3 is 5.32 Å². The van der Waals surface area contributed by atoms with Crippen molar-refractivity contribution in [3.05, 3.63) is 57.0 Å². The van der Waals surface area contributed by atoms with Gasteiger partial charge in [-0.25, -0.2) is 4.68 Å². The molecule has 1 aliphatic rings. The Kier molecular flexibility index (Phi) is 3.97. The lowest BCUT2D eigenvalue weighted by Gasteiger charge is -2.10. The highest BCUT2D eigenvalue weighted by molar-refractivity contribution is 6.32. The highest BCUT2D eigenvalue weighted by atomic mass is 35.5. The van der Waals surface area contributed by atoms with Crippen LogP contribution in [0.5, 0.6) is 0 Å². The number of hydrogen-bond donors (Lipinski definition) is 1. The molecule has 1 aromatic heterocycles. The van der Waals surface area contributed by atoms with Crippen molar-refractivity contribution in [2.75, 3.05) is 5.32 Å². The first-order valence-corrected chi connectivity index (χ1v) is 7.56. The highest BCUT2D eigenvalue weighted by Gasteiger charge is 2.23. The van der Waals surface area contributed by atoms with E-state index in [4.69, 9.17) is 11.6 Å². The van der Waals surface area contributed by atoms with Crippen LogP contribution in [0.1, 0.15) is 24.0 Å². The van der Waals surface area contributed by atoms with E-state index < -0.39 is 0 Å². The molecule has 110 valence electrons. The number of aryl methyl sites for hydroxylation is 1. The lowest BCUT2D eigenvalue weighted by Crippen LogP contribution is -2.26. The fourth-order valence-corrected chi connectivity index (χ4v) is 2.39. The van der Waals surface area contributed by atoms with E-state index in [-0.39, 0.29) is 5.56 Å². The van der Waals surface area contributed by atoms with E-state index >= 15 is 0 Å². The SMILES string of the molecule is Cc1ccc(CNc2c(Cl)cnn(CC3CC3)c2=O)cc1. The van der Waals surface area contributed by atoms with Crippen LogP contribution in [0.4, 0.5) is 5.69 Å². The van der Waals surface area contributed by atoms with Crippen LogP contribution < -0.4 is 10.9 Å². The van der Waals surface area contributed by atoms with Crippen molar-refractivity contribution < 1.29 is 0 Å². The summed E-state index contributed by atoms with van der Waals surface area (Å²) in [5.41, 5.74) is 2.63. The summed E-state index contributed by atoms with van der Waals surface area (Å²) in [4.78, 5) is 12.4. The van der Waals surface area contributed by atoms with Gasteiger partial charge in [-0.2, -0.15) is 5.10 Å². The van der Waals surface area contributed by atoms with E-state index in [0.29, 0.717) is 29.7 Å². The fraction of sp³-hybridized carbons (Fsp3) is 0.375. The van der Waals surface area contributed by atoms with E-state index in [9.17, 15) is 4.79 Å². The van der Waals surface area contributed by atoms with Gasteiger partial charge in [-0.15, -0.1) is 0 Å². The van der Waals surface area contributed by atoms with Crippen LogP contribution in [-0.4, -0.2) is 9.78 Å². The molecule has 0 radical (unpaired) electrons. The van der Waals surface area contributed by atoms with Crippen LogP contribution >= 0.6 is 11.6 Å². The van der Waals surface area contributed by atoms with Gasteiger partial charge in [0.1, 0.15) is 5.69 Å². The summed E-state index contributed by atoms with van der Waals surface area (Å²) in [7, 11) is 0. The molecule has 0 aliphatic heterocycles. The lowest BCUT2D eigenvalue weighted by atomic mass is 10.1. The number of anilines is 1. The van der Waals surface area contributed by atoms with Crippen molar-refractivity contribution in [3.8, 4) is 0 Å². The van der Waals surface area contributed by atoms with Gasteiger partial charge in [-0.1, -0.05) is 41.4 Å². The molecule has 2 aromatic rings. The quantitative estimate of drug-likeness (QED) is 0.922. The van der Waals surface area contributed by atoms with Gasteiger partial charge in [0.25, 0.3) is 5.56 Å². The molecule has 5 heteroatoms. The molecule has 4 nitrogen and oxygen atoms in total. The Balaban J connectivity index is 1.77. The van der Waals surface area contributed by atoms with E-state index in [1.165, 1.54) is 23.1 Å². The van der Waals surface area contributed by atoms with Gasteiger partial charge in [0.15, 0.2) is 0 Å². The molecule has 21 heavy (non-hydrogen) atoms. The smallest absolute Gasteiger partial charge is 0.291 e. The summed E-state index contributed by atoms with van der Waals surface area (Å²) in [6.45, 7) is 3.31. The molecule has 1 aliphatic carbocycles. The van der Waals surface area contributed by atoms with Crippen molar-refractivity contribution in [1.29, 1.82) is 0 Å². The van der Waals surface area contributed by atoms with Crippen molar-refractivity contribution in [3.63, 3.8) is 0 Å². The summed E-state index contributed by atoms with van der Waals surface area (Å²) < 4.78 is 1.51. The number of halogens is 1. The molecule has 1 fully saturated rings. The molecular weight excluding hydrogens is 286 g/mol. The monoisotopic (exact) mass is 303 g/mol. The van der Waals surface area contributed by atoms with Gasteiger partial charge in [-0.3, -0.25) is 4.79 Å². The Morgan fingerprint density at radius 2 is 2.05 bits per heavy atom. The average molecular weight is 304 g/mol. The Bertz CT molecular complexity index is 690. The molecule has 1 saturated carbocycles. The van der Waals surface area contributed by atoms with Gasteiger partial charge in [0, 0.05) is 13.1 Å². The average Bonchev–Trinajstić information content (AvgIpc) is 3.28. The minimum Gasteiger partial charge on any atom is -0.375 e. The van der Waals surface area contributed by atoms with Crippen LogP contribution in [0.3, 0.4) is 0 Å². The summed E-state index contributed by atoms with van der Waals surface area (Å²) in [6, 6.07) is 8.19. The zero-order chi connectivity index (χ0) is 14.8. The van der Waals surface area contributed by atoms with Crippen LogP contribution in [-0.2, 0) is 13.1 Å². The third-order valence-electron chi connectivity index (χ3n) is 3.72. The number of benzene rings is 1. The van der Waals surface area contributed by atoms with Crippen LogP contribution in [0.25, 0.3) is 0 Å². The molecule has 1 N–H and O–H groups in total. The van der Waals surface area contributed by atoms with Crippen LogP contribution in [0, 0.1) is 12.8 Å². The second-order valence-electron chi connectivity index (χ2n) is 5.64. The fourth-order valence-electron chi connectivity index (χ4n) is 2.20. The van der Waals surface area contributed by atoms with Gasteiger partial charge in [0.05, 0.1) is 11.2 Å². The van der Waals surface area contributed by atoms with Crippen LogP contribution in [0.15, 0.2) is 35.3 Å². The van der Waals surface area contributed by atoms with E-state index in [2.05, 4.69) is 22.5 Å². The van der Waals surface area contributed by atoms with Gasteiger partial charge in [-0.05, 0) is 31.2 Å². The molecule has 0 saturated heterocycles. The zero-order valence-electron chi connectivity index (χ0n) is 12.0. The summed E-state index contributed by atoms with van der Waals surface area (Å²) in [5, 5.41) is 7.64. The topological polar surface area (TPSA) is 46.9 Å². The van der Waals surface area contributed by atoms with Crippen molar-refractivity contribution in [1.82, 2.24) is 9.78 Å². The third kappa shape index (κ3) is 3.45. The Hall–Kier alpha value is -1.81. The molecule has 1 heterocycles. The normalized spacial score (nSPS) is 14.2. The Labute approximate surface area is 128 Å². The maximum atomic E-state index is 12.4. The van der Waals surface area contributed by atoms with Gasteiger partial charge in [0.2, 0.25) is 0 Å². The third-order valence-corrected chi connectivity index (χ3v) is 4.00. The zero-order valence-corrected chi connectivity index (χ0v) is 12.7. The molecule has 0 amide bonds. The van der Waals surface area contributed by atoms with E-state index in [1.807, 2.05) is 19.1 Å². The van der Waals surface area contributed by atoms with E-state index in [1.54, 1.807) is 6.20 Å². The Morgan fingerprint density at radius 1 is 1.33 bits per heavy atom. The number of nitrogens with one attached hydrogen (secondary N) is 1. The minimum atomic E-state index is -0.137. The molecule has 0 spiro atoms. The lowest BCUT2D eigenvalue weighted by molar-refractivity contribution is 0.534. The number of nitrogens with zero attached hydrogens (tertiary/aromatic N) is 2. The van der Waals surface area contributed by atoms with Crippen molar-refractivity contribution in [2.24, 2.45) is 5.92 Å². The van der Waals surface area contributed by atoms with Gasteiger partial charge >= 0.3 is 0 Å². The molecule has 1 aromatic carbocycles. The predicted octanol–water partition coefficient (Wildman–Crippen LogP) is 3.23. The molecule has 0 atom stereocenters. The number of aromatic nitrogens is 2. The highest BCUT2D eigenvalue weighted by Crippen LogP contribution is 2.30. The van der Waals surface area contributed by atoms with E-state index in [0.717, 1.165) is 5.56 Å². The molecule has 0 unspecified atom stereocenters. The van der Waals surface area contributed by atoms with Crippen molar-refractivity contribution in [2.45, 2.75) is 32.9 Å². The second kappa shape index (κ2) is 5.90. The predicted molar refractivity (Wildman–Crippen MR) is 84.7 cm³/mol. The van der Waals surface area contributed by atoms with Crippen LogP contribution in [0.2, 0.25) is 5.02 Å². The summed E-state index contributed by atoms with van der Waals surface area (Å²) >= 11 is 6.11. The number of hydrogen-bond acceptors (Lipinski definition) is 3. The minimum absolute atomic E-state index is 0.137. The largest absolute Gasteiger partial charge is 0.375 e. The number of rotatable bonds is 5. The summed E-state index contributed by atoms with van der Waals surface area (Å²) in [5.74, 6) is 0.598. The molecular formula is C16H18ClN3O. The maximum absolute atomic E-state index is 12.4. The Morgan fingerprint density at radius 3 is 2.71 bits per heavy atom. The maximum Gasteiger partial charge on any atom is 0.291 e. The molecule has 0 bridgehead atoms. The standard InChI is InChI=1S/C16H18ClN3O/c1-11-2-4-12(5-3-11)8-18-15-14(17)9-19-20(16(15)21)10-13-6-7-13/h2-5,9,13,18H,6-8,10H2,1H3. The van der Waals surface area contributed by atoms with Crippen molar-refractivity contribution >= 4 is 17.3 Å². The first kappa shape index (κ1) is 14.1. The second-order valence-corrected chi connectivity index (χ2v) is 6.04. The molecule has 3 rings (SSSR count). The first-order valence-electron chi connectivity index (χ1n) is 7.18. The first-order chi connectivity index (χ1) is 10.1.